The molecule has 1 fully saturated rings. The fraction of sp³-hybridized carbons (Fsp3) is 0.458. The molecular formula is C24H30ClFN2O5S. The van der Waals surface area contributed by atoms with Crippen molar-refractivity contribution in [1.29, 1.82) is 0 Å². The molecule has 2 aromatic rings. The lowest BCUT2D eigenvalue weighted by Gasteiger charge is -2.35. The molecule has 10 heteroatoms. The number of hydrogen-bond acceptors (Lipinski definition) is 5. The summed E-state index contributed by atoms with van der Waals surface area (Å²) in [6, 6.07) is 8.42. The van der Waals surface area contributed by atoms with Gasteiger partial charge >= 0.3 is 0 Å². The van der Waals surface area contributed by atoms with E-state index in [2.05, 4.69) is 4.90 Å². The van der Waals surface area contributed by atoms with Crippen LogP contribution in [0.15, 0.2) is 30.3 Å². The maximum atomic E-state index is 13.7. The van der Waals surface area contributed by atoms with Crippen molar-refractivity contribution in [1.82, 2.24) is 9.80 Å². The van der Waals surface area contributed by atoms with Gasteiger partial charge in [-0.3, -0.25) is 14.2 Å². The summed E-state index contributed by atoms with van der Waals surface area (Å²) in [5.41, 5.74) is 3.32. The van der Waals surface area contributed by atoms with E-state index in [1.54, 1.807) is 36.1 Å². The predicted molar refractivity (Wildman–Crippen MR) is 129 cm³/mol. The highest BCUT2D eigenvalue weighted by Crippen LogP contribution is 2.25. The van der Waals surface area contributed by atoms with Crippen molar-refractivity contribution in [3.63, 3.8) is 0 Å². The molecule has 1 heterocycles. The van der Waals surface area contributed by atoms with Gasteiger partial charge in [-0.1, -0.05) is 17.7 Å². The monoisotopic (exact) mass is 512 g/mol. The van der Waals surface area contributed by atoms with Crippen molar-refractivity contribution in [2.24, 2.45) is 0 Å². The average molecular weight is 513 g/mol. The molecule has 1 N–H and O–H groups in total. The molecule has 0 aromatic heterocycles. The number of halogens is 2. The number of benzene rings is 2. The number of rotatable bonds is 9. The third-order valence-electron chi connectivity index (χ3n) is 5.96. The van der Waals surface area contributed by atoms with E-state index in [-0.39, 0.29) is 30.5 Å². The third-order valence-corrected chi connectivity index (χ3v) is 7.00. The first kappa shape index (κ1) is 26.4. The first-order valence-electron chi connectivity index (χ1n) is 11.1. The van der Waals surface area contributed by atoms with E-state index in [0.717, 1.165) is 11.1 Å². The molecule has 0 atom stereocenters. The Balaban J connectivity index is 1.50. The Morgan fingerprint density at radius 3 is 2.47 bits per heavy atom. The Hall–Kier alpha value is -2.20. The quantitative estimate of drug-likeness (QED) is 0.516. The second-order valence-electron chi connectivity index (χ2n) is 8.62. The molecule has 1 aliphatic rings. The van der Waals surface area contributed by atoms with Crippen LogP contribution in [0.4, 0.5) is 4.39 Å². The van der Waals surface area contributed by atoms with E-state index in [9.17, 15) is 17.6 Å². The number of piperazine rings is 1. The largest absolute Gasteiger partial charge is 0.483 e. The van der Waals surface area contributed by atoms with Crippen molar-refractivity contribution in [2.75, 3.05) is 38.5 Å². The van der Waals surface area contributed by atoms with Crippen LogP contribution in [-0.2, 0) is 27.9 Å². The van der Waals surface area contributed by atoms with Gasteiger partial charge in [0.05, 0.1) is 5.75 Å². The average Bonchev–Trinajstić information content (AvgIpc) is 2.76. The van der Waals surface area contributed by atoms with Gasteiger partial charge in [-0.2, -0.15) is 8.42 Å². The second-order valence-corrected chi connectivity index (χ2v) is 10.6. The molecule has 0 radical (unpaired) electrons. The van der Waals surface area contributed by atoms with Gasteiger partial charge in [0.25, 0.3) is 16.0 Å². The van der Waals surface area contributed by atoms with Crippen LogP contribution in [0.2, 0.25) is 5.02 Å². The molecule has 1 amide bonds. The first-order valence-corrected chi connectivity index (χ1v) is 13.1. The summed E-state index contributed by atoms with van der Waals surface area (Å²) in [7, 11) is -4.04. The predicted octanol–water partition coefficient (Wildman–Crippen LogP) is 3.64. The summed E-state index contributed by atoms with van der Waals surface area (Å²) in [5, 5.41) is 0.475. The van der Waals surface area contributed by atoms with Gasteiger partial charge in [0, 0.05) is 37.7 Å². The Kier molecular flexibility index (Phi) is 8.92. The lowest BCUT2D eigenvalue weighted by Crippen LogP contribution is -2.49. The fourth-order valence-electron chi connectivity index (χ4n) is 3.97. The number of nitrogens with zero attached hydrogens (tertiary/aromatic N) is 2. The van der Waals surface area contributed by atoms with Crippen LogP contribution in [0.25, 0.3) is 0 Å². The second kappa shape index (κ2) is 11.5. The van der Waals surface area contributed by atoms with E-state index in [4.69, 9.17) is 20.9 Å². The van der Waals surface area contributed by atoms with E-state index in [1.165, 1.54) is 0 Å². The van der Waals surface area contributed by atoms with Gasteiger partial charge in [-0.05, 0) is 73.2 Å². The molecule has 0 saturated carbocycles. The van der Waals surface area contributed by atoms with Crippen LogP contribution < -0.4 is 4.74 Å². The number of carbonyl (C=O) groups is 1. The third kappa shape index (κ3) is 7.66. The zero-order valence-corrected chi connectivity index (χ0v) is 21.0. The minimum absolute atomic E-state index is 0.132. The molecule has 0 bridgehead atoms. The SMILES string of the molecule is Cc1cc(CN2CCN(C(=O)COc3ccc(Cl)cc3CCCS(=O)(=O)O)CC2)c(C)cc1F. The lowest BCUT2D eigenvalue weighted by molar-refractivity contribution is -0.135. The molecule has 3 rings (SSSR count). The lowest BCUT2D eigenvalue weighted by atomic mass is 10.0. The molecule has 0 aliphatic carbocycles. The van der Waals surface area contributed by atoms with Crippen molar-refractivity contribution in [3.8, 4) is 5.75 Å². The number of carbonyl (C=O) groups excluding carboxylic acids is 1. The van der Waals surface area contributed by atoms with E-state index in [1.807, 2.05) is 13.0 Å². The Morgan fingerprint density at radius 2 is 1.79 bits per heavy atom. The maximum Gasteiger partial charge on any atom is 0.264 e. The number of hydrogen-bond donors (Lipinski definition) is 1. The molecule has 7 nitrogen and oxygen atoms in total. The van der Waals surface area contributed by atoms with Crippen molar-refractivity contribution in [2.45, 2.75) is 33.2 Å². The van der Waals surface area contributed by atoms with Gasteiger partial charge in [-0.25, -0.2) is 4.39 Å². The Morgan fingerprint density at radius 1 is 1.09 bits per heavy atom. The van der Waals surface area contributed by atoms with Crippen LogP contribution in [0.1, 0.15) is 28.7 Å². The molecule has 1 aliphatic heterocycles. The standard InChI is InChI=1S/C24H30ClFN2O5S/c1-17-13-22(26)18(2)12-20(17)15-27-7-9-28(10-8-27)24(29)16-33-23-6-5-21(25)14-19(23)4-3-11-34(30,31)32/h5-6,12-14H,3-4,7-11,15-16H2,1-2H3,(H,30,31,32). The van der Waals surface area contributed by atoms with Crippen LogP contribution in [0.3, 0.4) is 0 Å². The zero-order valence-electron chi connectivity index (χ0n) is 19.4. The summed E-state index contributed by atoms with van der Waals surface area (Å²) in [6.45, 7) is 6.81. The van der Waals surface area contributed by atoms with E-state index in [0.29, 0.717) is 61.0 Å². The summed E-state index contributed by atoms with van der Waals surface area (Å²) in [6.07, 6.45) is 0.545. The number of aryl methyl sites for hydroxylation is 3. The molecule has 0 unspecified atom stereocenters. The highest BCUT2D eigenvalue weighted by atomic mass is 35.5. The molecule has 1 saturated heterocycles. The van der Waals surface area contributed by atoms with E-state index < -0.39 is 10.1 Å². The van der Waals surface area contributed by atoms with Gasteiger partial charge in [-0.15, -0.1) is 0 Å². The molecule has 0 spiro atoms. The minimum Gasteiger partial charge on any atom is -0.483 e. The van der Waals surface area contributed by atoms with Gasteiger partial charge in [0.1, 0.15) is 11.6 Å². The zero-order chi connectivity index (χ0) is 24.9. The van der Waals surface area contributed by atoms with Crippen molar-refractivity contribution in [3.05, 3.63) is 63.4 Å². The van der Waals surface area contributed by atoms with Gasteiger partial charge in [0.15, 0.2) is 6.61 Å². The molecule has 2 aromatic carbocycles. The normalized spacial score (nSPS) is 14.9. The minimum atomic E-state index is -4.04. The topological polar surface area (TPSA) is 87.2 Å². The van der Waals surface area contributed by atoms with Crippen LogP contribution >= 0.6 is 11.6 Å². The molecule has 34 heavy (non-hydrogen) atoms. The Bertz CT molecular complexity index is 1130. The van der Waals surface area contributed by atoms with Crippen LogP contribution in [-0.4, -0.2) is 67.2 Å². The summed E-state index contributed by atoms with van der Waals surface area (Å²) >= 11 is 6.05. The first-order chi connectivity index (χ1) is 16.0. The van der Waals surface area contributed by atoms with Crippen LogP contribution in [0, 0.1) is 19.7 Å². The van der Waals surface area contributed by atoms with Crippen LogP contribution in [0.5, 0.6) is 5.75 Å². The summed E-state index contributed by atoms with van der Waals surface area (Å²) in [5.74, 6) is -0.223. The fourth-order valence-corrected chi connectivity index (χ4v) is 4.67. The van der Waals surface area contributed by atoms with E-state index >= 15 is 0 Å². The number of ether oxygens (including phenoxy) is 1. The Labute approximate surface area is 205 Å². The van der Waals surface area contributed by atoms with Crippen molar-refractivity contribution >= 4 is 27.6 Å². The smallest absolute Gasteiger partial charge is 0.264 e. The number of amides is 1. The van der Waals surface area contributed by atoms with Crippen molar-refractivity contribution < 1.29 is 26.9 Å². The highest BCUT2D eigenvalue weighted by Gasteiger charge is 2.22. The molecular weight excluding hydrogens is 483 g/mol. The summed E-state index contributed by atoms with van der Waals surface area (Å²) in [4.78, 5) is 16.7. The maximum absolute atomic E-state index is 13.7. The van der Waals surface area contributed by atoms with Gasteiger partial charge in [0.2, 0.25) is 0 Å². The molecule has 186 valence electrons. The summed E-state index contributed by atoms with van der Waals surface area (Å²) < 4.78 is 50.3. The highest BCUT2D eigenvalue weighted by molar-refractivity contribution is 7.85. The van der Waals surface area contributed by atoms with Gasteiger partial charge < -0.3 is 9.64 Å².